The summed E-state index contributed by atoms with van der Waals surface area (Å²) in [6, 6.07) is 0.0950. The Morgan fingerprint density at radius 1 is 1.77 bits per heavy atom. The van der Waals surface area contributed by atoms with Crippen LogP contribution >= 0.6 is 0 Å². The zero-order valence-corrected chi connectivity index (χ0v) is 7.66. The van der Waals surface area contributed by atoms with Crippen molar-refractivity contribution in [3.63, 3.8) is 0 Å². The lowest BCUT2D eigenvalue weighted by atomic mass is 10.2. The molecule has 1 fully saturated rings. The molecule has 1 atom stereocenters. The van der Waals surface area contributed by atoms with Gasteiger partial charge in [-0.25, -0.2) is 4.79 Å². The lowest BCUT2D eigenvalue weighted by Gasteiger charge is -2.22. The Labute approximate surface area is 77.0 Å². The van der Waals surface area contributed by atoms with E-state index < -0.39 is 0 Å². The molecule has 0 aliphatic carbocycles. The molecule has 1 unspecified atom stereocenters. The first-order valence-corrected chi connectivity index (χ1v) is 4.31. The molecule has 0 aromatic heterocycles. The Bertz CT molecular complexity index is 196. The number of ether oxygens (including phenoxy) is 1. The Kier molecular flexibility index (Phi) is 3.54. The number of nitrogens with zero attached hydrogens (tertiary/aromatic N) is 1. The van der Waals surface area contributed by atoms with Gasteiger partial charge in [0, 0.05) is 13.1 Å². The van der Waals surface area contributed by atoms with E-state index in [9.17, 15) is 9.59 Å². The number of carbonyl (C=O) groups excluding carboxylic acids is 2. The van der Waals surface area contributed by atoms with Crippen LogP contribution in [-0.4, -0.2) is 43.6 Å². The second-order valence-corrected chi connectivity index (χ2v) is 2.99. The summed E-state index contributed by atoms with van der Waals surface area (Å²) in [4.78, 5) is 22.9. The maximum atomic E-state index is 11.2. The summed E-state index contributed by atoms with van der Waals surface area (Å²) in [6.45, 7) is 1.23. The van der Waals surface area contributed by atoms with E-state index in [-0.39, 0.29) is 12.1 Å². The molecule has 0 saturated carbocycles. The summed E-state index contributed by atoms with van der Waals surface area (Å²) in [5.74, 6) is 0. The first kappa shape index (κ1) is 9.83. The van der Waals surface area contributed by atoms with Crippen LogP contribution in [0, 0.1) is 0 Å². The predicted molar refractivity (Wildman–Crippen MR) is 46.2 cm³/mol. The van der Waals surface area contributed by atoms with E-state index in [0.717, 1.165) is 19.4 Å². The van der Waals surface area contributed by atoms with Crippen molar-refractivity contribution < 1.29 is 14.3 Å². The molecule has 1 aliphatic rings. The molecule has 0 bridgehead atoms. The van der Waals surface area contributed by atoms with Crippen molar-refractivity contribution >= 4 is 12.5 Å². The minimum atomic E-state index is -0.310. The largest absolute Gasteiger partial charge is 0.453 e. The Hall–Kier alpha value is -1.26. The Morgan fingerprint density at radius 2 is 2.54 bits per heavy atom. The van der Waals surface area contributed by atoms with Crippen LogP contribution in [-0.2, 0) is 9.53 Å². The summed E-state index contributed by atoms with van der Waals surface area (Å²) in [5.41, 5.74) is 0. The molecule has 74 valence electrons. The van der Waals surface area contributed by atoms with Crippen LogP contribution in [0.15, 0.2) is 0 Å². The second-order valence-electron chi connectivity index (χ2n) is 2.99. The third kappa shape index (κ3) is 2.34. The minimum absolute atomic E-state index is 0.0950. The maximum absolute atomic E-state index is 11.2. The zero-order valence-electron chi connectivity index (χ0n) is 7.66. The number of nitrogens with one attached hydrogen (secondary N) is 1. The van der Waals surface area contributed by atoms with E-state index in [1.54, 1.807) is 4.90 Å². The monoisotopic (exact) mass is 186 g/mol. The highest BCUT2D eigenvalue weighted by molar-refractivity contribution is 5.68. The molecule has 5 heteroatoms. The summed E-state index contributed by atoms with van der Waals surface area (Å²) in [7, 11) is 1.37. The number of methoxy groups -OCH3 is 1. The van der Waals surface area contributed by atoms with E-state index in [4.69, 9.17) is 0 Å². The highest BCUT2D eigenvalue weighted by atomic mass is 16.5. The van der Waals surface area contributed by atoms with Gasteiger partial charge in [-0.1, -0.05) is 0 Å². The molecule has 1 aliphatic heterocycles. The van der Waals surface area contributed by atoms with Gasteiger partial charge in [0.1, 0.15) is 0 Å². The lowest BCUT2D eigenvalue weighted by molar-refractivity contribution is -0.109. The third-order valence-electron chi connectivity index (χ3n) is 2.22. The average molecular weight is 186 g/mol. The van der Waals surface area contributed by atoms with Crippen LogP contribution in [0.3, 0.4) is 0 Å². The van der Waals surface area contributed by atoms with Gasteiger partial charge in [-0.05, 0) is 12.8 Å². The fourth-order valence-corrected chi connectivity index (χ4v) is 1.59. The standard InChI is InChI=1S/C8H14N2O3/c1-13-8(12)10-4-2-3-7(10)5-9-6-11/h6-7H,2-5H2,1H3,(H,9,11). The molecule has 0 radical (unpaired) electrons. The Balaban J connectivity index is 2.43. The SMILES string of the molecule is COC(=O)N1CCCC1CNC=O. The maximum Gasteiger partial charge on any atom is 0.409 e. The van der Waals surface area contributed by atoms with Crippen LogP contribution in [0.5, 0.6) is 0 Å². The molecule has 1 heterocycles. The summed E-state index contributed by atoms with van der Waals surface area (Å²) < 4.78 is 4.62. The first-order chi connectivity index (χ1) is 6.29. The molecule has 1 saturated heterocycles. The second kappa shape index (κ2) is 4.69. The van der Waals surface area contributed by atoms with Gasteiger partial charge in [-0.15, -0.1) is 0 Å². The van der Waals surface area contributed by atoms with E-state index >= 15 is 0 Å². The number of amides is 2. The van der Waals surface area contributed by atoms with E-state index in [1.807, 2.05) is 0 Å². The van der Waals surface area contributed by atoms with Crippen molar-refractivity contribution in [2.45, 2.75) is 18.9 Å². The molecule has 13 heavy (non-hydrogen) atoms. The number of hydrogen-bond donors (Lipinski definition) is 1. The van der Waals surface area contributed by atoms with Crippen LogP contribution in [0.2, 0.25) is 0 Å². The quantitative estimate of drug-likeness (QED) is 0.629. The Morgan fingerprint density at radius 3 is 3.15 bits per heavy atom. The van der Waals surface area contributed by atoms with Gasteiger partial charge in [0.05, 0.1) is 13.2 Å². The van der Waals surface area contributed by atoms with Crippen molar-refractivity contribution in [1.29, 1.82) is 0 Å². The molecular formula is C8H14N2O3. The van der Waals surface area contributed by atoms with E-state index in [2.05, 4.69) is 10.1 Å². The molecule has 2 amide bonds. The minimum Gasteiger partial charge on any atom is -0.453 e. The van der Waals surface area contributed by atoms with Crippen LogP contribution in [0.25, 0.3) is 0 Å². The van der Waals surface area contributed by atoms with Gasteiger partial charge < -0.3 is 15.0 Å². The molecule has 0 aromatic carbocycles. The third-order valence-corrected chi connectivity index (χ3v) is 2.22. The van der Waals surface area contributed by atoms with Crippen LogP contribution in [0.1, 0.15) is 12.8 Å². The number of carbonyl (C=O) groups is 2. The number of rotatable bonds is 3. The van der Waals surface area contributed by atoms with Gasteiger partial charge in [0.2, 0.25) is 6.41 Å². The van der Waals surface area contributed by atoms with Crippen molar-refractivity contribution in [2.24, 2.45) is 0 Å². The highest BCUT2D eigenvalue weighted by Crippen LogP contribution is 2.16. The van der Waals surface area contributed by atoms with Crippen molar-refractivity contribution in [3.8, 4) is 0 Å². The fraction of sp³-hybridized carbons (Fsp3) is 0.750. The van der Waals surface area contributed by atoms with Gasteiger partial charge in [0.15, 0.2) is 0 Å². The van der Waals surface area contributed by atoms with E-state index in [1.165, 1.54) is 7.11 Å². The van der Waals surface area contributed by atoms with Gasteiger partial charge in [-0.2, -0.15) is 0 Å². The molecular weight excluding hydrogens is 172 g/mol. The predicted octanol–water partition coefficient (Wildman–Crippen LogP) is -0.0368. The smallest absolute Gasteiger partial charge is 0.409 e. The number of likely N-dealkylation sites (tertiary alicyclic amines) is 1. The average Bonchev–Trinajstić information content (AvgIpc) is 2.61. The number of hydrogen-bond acceptors (Lipinski definition) is 3. The molecule has 1 rings (SSSR count). The molecule has 0 aromatic rings. The van der Waals surface area contributed by atoms with Crippen molar-refractivity contribution in [3.05, 3.63) is 0 Å². The topological polar surface area (TPSA) is 58.6 Å². The van der Waals surface area contributed by atoms with E-state index in [0.29, 0.717) is 13.0 Å². The van der Waals surface area contributed by atoms with Crippen molar-refractivity contribution in [2.75, 3.05) is 20.2 Å². The van der Waals surface area contributed by atoms with Gasteiger partial charge >= 0.3 is 6.09 Å². The van der Waals surface area contributed by atoms with Crippen molar-refractivity contribution in [1.82, 2.24) is 10.2 Å². The van der Waals surface area contributed by atoms with Crippen LogP contribution < -0.4 is 5.32 Å². The first-order valence-electron chi connectivity index (χ1n) is 4.31. The summed E-state index contributed by atoms with van der Waals surface area (Å²) >= 11 is 0. The van der Waals surface area contributed by atoms with Crippen LogP contribution in [0.4, 0.5) is 4.79 Å². The van der Waals surface area contributed by atoms with Gasteiger partial charge in [-0.3, -0.25) is 4.79 Å². The zero-order chi connectivity index (χ0) is 9.68. The summed E-state index contributed by atoms with van der Waals surface area (Å²) in [5, 5.41) is 2.57. The lowest BCUT2D eigenvalue weighted by Crippen LogP contribution is -2.41. The highest BCUT2D eigenvalue weighted by Gasteiger charge is 2.28. The normalized spacial score (nSPS) is 21.3. The molecule has 0 spiro atoms. The molecule has 5 nitrogen and oxygen atoms in total. The summed E-state index contributed by atoms with van der Waals surface area (Å²) in [6.07, 6.45) is 2.24. The molecule has 1 N–H and O–H groups in total. The van der Waals surface area contributed by atoms with Gasteiger partial charge in [0.25, 0.3) is 0 Å². The fourth-order valence-electron chi connectivity index (χ4n) is 1.59.